The molecule has 4 rings (SSSR count). The van der Waals surface area contributed by atoms with E-state index in [0.717, 1.165) is 6.42 Å². The molecule has 1 fully saturated rings. The molecule has 0 saturated carbocycles. The summed E-state index contributed by atoms with van der Waals surface area (Å²) in [6, 6.07) is 5.56. The molecule has 3 aromatic rings. The number of nitrogens with two attached hydrogens (primary N) is 2. The highest BCUT2D eigenvalue weighted by Crippen LogP contribution is 2.43. The van der Waals surface area contributed by atoms with Gasteiger partial charge in [0.05, 0.1) is 17.5 Å². The molecule has 28 heavy (non-hydrogen) atoms. The Balaban J connectivity index is 1.89. The Morgan fingerprint density at radius 1 is 1.36 bits per heavy atom. The number of hydrogen-bond donors (Lipinski definition) is 2. The van der Waals surface area contributed by atoms with E-state index in [1.165, 1.54) is 17.6 Å². The van der Waals surface area contributed by atoms with Gasteiger partial charge in [0.2, 0.25) is 0 Å². The number of furan rings is 1. The zero-order valence-electron chi connectivity index (χ0n) is 15.7. The Labute approximate surface area is 166 Å². The van der Waals surface area contributed by atoms with Gasteiger partial charge in [-0.25, -0.2) is 4.98 Å². The zero-order valence-corrected chi connectivity index (χ0v) is 16.5. The van der Waals surface area contributed by atoms with E-state index in [9.17, 15) is 10.1 Å². The maximum Gasteiger partial charge on any atom is 0.266 e. The lowest BCUT2D eigenvalue weighted by Crippen LogP contribution is -2.42. The van der Waals surface area contributed by atoms with Crippen LogP contribution in [-0.2, 0) is 0 Å². The van der Waals surface area contributed by atoms with Crippen LogP contribution in [0.1, 0.15) is 35.5 Å². The Bertz CT molecular complexity index is 1090. The van der Waals surface area contributed by atoms with E-state index in [4.69, 9.17) is 15.9 Å². The second-order valence-electron chi connectivity index (χ2n) is 7.52. The van der Waals surface area contributed by atoms with Gasteiger partial charge in [0, 0.05) is 18.5 Å². The predicted octanol–water partition coefficient (Wildman–Crippen LogP) is 3.71. The number of hydrogen-bond acceptors (Lipinski definition) is 7. The normalized spacial score (nSPS) is 19.7. The highest BCUT2D eigenvalue weighted by Gasteiger charge is 2.31. The van der Waals surface area contributed by atoms with Gasteiger partial charge in [-0.15, -0.1) is 11.3 Å². The van der Waals surface area contributed by atoms with Crippen molar-refractivity contribution in [1.82, 2.24) is 9.88 Å². The van der Waals surface area contributed by atoms with Gasteiger partial charge in [0.15, 0.2) is 0 Å². The number of piperidine rings is 1. The van der Waals surface area contributed by atoms with Crippen molar-refractivity contribution in [2.45, 2.75) is 20.3 Å². The maximum absolute atomic E-state index is 13.2. The molecule has 4 heterocycles. The van der Waals surface area contributed by atoms with Gasteiger partial charge in [-0.3, -0.25) is 4.79 Å². The molecule has 7 nitrogen and oxygen atoms in total. The van der Waals surface area contributed by atoms with Crippen LogP contribution in [0.25, 0.3) is 21.5 Å². The molecular weight excluding hydrogens is 374 g/mol. The van der Waals surface area contributed by atoms with Crippen molar-refractivity contribution < 1.29 is 9.21 Å². The lowest BCUT2D eigenvalue weighted by Gasteiger charge is -2.34. The number of carbonyl (C=O) groups is 1. The zero-order chi connectivity index (χ0) is 20.0. The summed E-state index contributed by atoms with van der Waals surface area (Å²) in [4.78, 5) is 20.4. The number of rotatable bonds is 2. The van der Waals surface area contributed by atoms with E-state index in [1.807, 2.05) is 4.90 Å². The lowest BCUT2D eigenvalue weighted by atomic mass is 9.92. The van der Waals surface area contributed by atoms with Crippen LogP contribution in [0, 0.1) is 23.2 Å². The summed E-state index contributed by atoms with van der Waals surface area (Å²) in [5, 5.41) is 10.2. The molecule has 1 aliphatic heterocycles. The fourth-order valence-corrected chi connectivity index (χ4v) is 5.16. The van der Waals surface area contributed by atoms with Crippen LogP contribution in [0.2, 0.25) is 0 Å². The first-order valence-corrected chi connectivity index (χ1v) is 9.97. The molecule has 0 aliphatic carbocycles. The number of thiophene rings is 1. The van der Waals surface area contributed by atoms with Gasteiger partial charge in [0.25, 0.3) is 5.91 Å². The highest BCUT2D eigenvalue weighted by atomic mass is 32.1. The first kappa shape index (κ1) is 18.3. The van der Waals surface area contributed by atoms with Gasteiger partial charge >= 0.3 is 0 Å². The first-order chi connectivity index (χ1) is 13.4. The van der Waals surface area contributed by atoms with Crippen LogP contribution in [-0.4, -0.2) is 28.9 Å². The molecule has 2 atom stereocenters. The minimum atomic E-state index is -0.0960. The summed E-state index contributed by atoms with van der Waals surface area (Å²) in [5.74, 6) is 1.37. The van der Waals surface area contributed by atoms with E-state index in [-0.39, 0.29) is 17.3 Å². The van der Waals surface area contributed by atoms with Gasteiger partial charge in [-0.2, -0.15) is 5.26 Å². The van der Waals surface area contributed by atoms with E-state index in [2.05, 4.69) is 24.9 Å². The van der Waals surface area contributed by atoms with E-state index in [1.54, 1.807) is 12.1 Å². The topological polar surface area (TPSA) is 122 Å². The van der Waals surface area contributed by atoms with Crippen molar-refractivity contribution in [2.24, 2.45) is 11.8 Å². The molecule has 144 valence electrons. The van der Waals surface area contributed by atoms with Crippen molar-refractivity contribution in [3.05, 3.63) is 28.8 Å². The second kappa shape index (κ2) is 6.84. The predicted molar refractivity (Wildman–Crippen MR) is 110 cm³/mol. The van der Waals surface area contributed by atoms with Crippen molar-refractivity contribution in [1.29, 1.82) is 5.26 Å². The SMILES string of the molecule is CC1CC(C)CN(C(=O)c2sc3nc(N)c(C#N)c(-c4ccco4)c3c2N)C1. The molecule has 8 heteroatoms. The molecule has 1 saturated heterocycles. The van der Waals surface area contributed by atoms with Crippen LogP contribution in [0.3, 0.4) is 0 Å². The van der Waals surface area contributed by atoms with Crippen LogP contribution < -0.4 is 11.5 Å². The number of nitriles is 1. The third kappa shape index (κ3) is 2.88. The van der Waals surface area contributed by atoms with Crippen LogP contribution >= 0.6 is 11.3 Å². The molecule has 0 bridgehead atoms. The Morgan fingerprint density at radius 2 is 2.07 bits per heavy atom. The van der Waals surface area contributed by atoms with Crippen LogP contribution in [0.5, 0.6) is 0 Å². The summed E-state index contributed by atoms with van der Waals surface area (Å²) in [5.41, 5.74) is 13.5. The average molecular weight is 395 g/mol. The average Bonchev–Trinajstić information content (AvgIpc) is 3.28. The molecular formula is C20H21N5O2S. The molecule has 0 aromatic carbocycles. The van der Waals surface area contributed by atoms with E-state index >= 15 is 0 Å². The molecule has 0 radical (unpaired) electrons. The Hall–Kier alpha value is -3.05. The van der Waals surface area contributed by atoms with Gasteiger partial charge in [-0.05, 0) is 30.4 Å². The van der Waals surface area contributed by atoms with E-state index in [0.29, 0.717) is 57.0 Å². The summed E-state index contributed by atoms with van der Waals surface area (Å²) in [6.45, 7) is 5.73. The molecule has 0 spiro atoms. The van der Waals surface area contributed by atoms with Crippen LogP contribution in [0.4, 0.5) is 11.5 Å². The second-order valence-corrected chi connectivity index (χ2v) is 8.52. The first-order valence-electron chi connectivity index (χ1n) is 9.15. The minimum absolute atomic E-state index is 0.0960. The van der Waals surface area contributed by atoms with Gasteiger partial charge in [0.1, 0.15) is 32.9 Å². The number of anilines is 2. The quantitative estimate of drug-likeness (QED) is 0.682. The number of nitrogen functional groups attached to an aromatic ring is 2. The smallest absolute Gasteiger partial charge is 0.266 e. The van der Waals surface area contributed by atoms with Crippen LogP contribution in [0.15, 0.2) is 22.8 Å². The summed E-state index contributed by atoms with van der Waals surface area (Å²) >= 11 is 1.21. The molecule has 2 unspecified atom stereocenters. The van der Waals surface area contributed by atoms with Crippen molar-refractivity contribution >= 4 is 39.0 Å². The molecule has 1 aliphatic rings. The Morgan fingerprint density at radius 3 is 2.68 bits per heavy atom. The monoisotopic (exact) mass is 395 g/mol. The fraction of sp³-hybridized carbons (Fsp3) is 0.350. The van der Waals surface area contributed by atoms with Gasteiger partial charge < -0.3 is 20.8 Å². The number of nitrogens with zero attached hydrogens (tertiary/aromatic N) is 3. The third-order valence-electron chi connectivity index (χ3n) is 5.13. The lowest BCUT2D eigenvalue weighted by molar-refractivity contribution is 0.0629. The number of pyridine rings is 1. The number of aromatic nitrogens is 1. The van der Waals surface area contributed by atoms with Gasteiger partial charge in [-0.1, -0.05) is 13.8 Å². The minimum Gasteiger partial charge on any atom is -0.464 e. The van der Waals surface area contributed by atoms with E-state index < -0.39 is 0 Å². The van der Waals surface area contributed by atoms with Crippen molar-refractivity contribution in [2.75, 3.05) is 24.6 Å². The molecule has 3 aromatic heterocycles. The standard InChI is InChI=1S/C20H21N5O2S/c1-10-6-11(2)9-25(8-10)20(26)17-16(22)15-14(13-4-3-5-27-13)12(7-21)18(23)24-19(15)28-17/h3-5,10-11H,6,8-9,22H2,1-2H3,(H2,23,24). The summed E-state index contributed by atoms with van der Waals surface area (Å²) < 4.78 is 5.51. The molecule has 4 N–H and O–H groups in total. The molecule has 1 amide bonds. The number of carbonyl (C=O) groups excluding carboxylic acids is 1. The highest BCUT2D eigenvalue weighted by molar-refractivity contribution is 7.21. The fourth-order valence-electron chi connectivity index (χ4n) is 4.08. The number of likely N-dealkylation sites (tertiary alicyclic amines) is 1. The van der Waals surface area contributed by atoms with Crippen molar-refractivity contribution in [3.8, 4) is 17.4 Å². The largest absolute Gasteiger partial charge is 0.464 e. The maximum atomic E-state index is 13.2. The summed E-state index contributed by atoms with van der Waals surface area (Å²) in [7, 11) is 0. The number of amides is 1. The summed E-state index contributed by atoms with van der Waals surface area (Å²) in [6.07, 6.45) is 2.63. The van der Waals surface area contributed by atoms with Crippen molar-refractivity contribution in [3.63, 3.8) is 0 Å². The Kier molecular flexibility index (Phi) is 4.47. The third-order valence-corrected chi connectivity index (χ3v) is 6.22. The number of fused-ring (bicyclic) bond motifs is 1.